The smallest absolute Gasteiger partial charge is 0.128 e. The van der Waals surface area contributed by atoms with Gasteiger partial charge in [0.1, 0.15) is 15.8 Å². The zero-order chi connectivity index (χ0) is 15.3. The van der Waals surface area contributed by atoms with Crippen LogP contribution in [0, 0.1) is 20.8 Å². The van der Waals surface area contributed by atoms with E-state index in [1.807, 2.05) is 13.0 Å². The highest BCUT2D eigenvalue weighted by atomic mass is 32.2. The molecule has 0 atom stereocenters. The van der Waals surface area contributed by atoms with Crippen LogP contribution < -0.4 is 5.73 Å². The lowest BCUT2D eigenvalue weighted by Gasteiger charge is -2.05. The maximum atomic E-state index is 10.4. The Morgan fingerprint density at radius 3 is 1.85 bits per heavy atom. The second-order valence-electron chi connectivity index (χ2n) is 4.69. The third-order valence-corrected chi connectivity index (χ3v) is 3.73. The molecule has 0 aromatic heterocycles. The Hall–Kier alpha value is -1.69. The molecule has 0 radical (unpaired) electrons. The van der Waals surface area contributed by atoms with Gasteiger partial charge in [0.05, 0.1) is 4.90 Å². The lowest BCUT2D eigenvalue weighted by molar-refractivity contribution is -0.254. The standard InChI is InChI=1S/C8H11N.C7H8O3S/c1-6-3-4-8(9)5-7(6)2;1-6-2-4-7(5-3-6)11(8,9)10/h3-5H,9H2,1-2H3;2-5H,1H3,(H,8,9,10). The van der Waals surface area contributed by atoms with Gasteiger partial charge in [-0.1, -0.05) is 23.8 Å². The van der Waals surface area contributed by atoms with E-state index in [2.05, 4.69) is 31.7 Å². The van der Waals surface area contributed by atoms with E-state index in [1.54, 1.807) is 12.1 Å². The van der Waals surface area contributed by atoms with Crippen molar-refractivity contribution < 1.29 is 18.7 Å². The lowest BCUT2D eigenvalue weighted by Crippen LogP contribution is -2.40. The van der Waals surface area contributed by atoms with E-state index >= 15 is 0 Å². The average molecular weight is 293 g/mol. The minimum absolute atomic E-state index is 0.178. The van der Waals surface area contributed by atoms with Crippen molar-refractivity contribution in [3.63, 3.8) is 0 Å². The fraction of sp³-hybridized carbons (Fsp3) is 0.200. The summed E-state index contributed by atoms with van der Waals surface area (Å²) in [5, 5.41) is 0. The molecule has 0 saturated carbocycles. The fourth-order valence-corrected chi connectivity index (χ4v) is 1.98. The Morgan fingerprint density at radius 2 is 1.45 bits per heavy atom. The molecule has 0 unspecified atom stereocenters. The van der Waals surface area contributed by atoms with Crippen LogP contribution in [0.3, 0.4) is 0 Å². The molecule has 0 fully saturated rings. The molecule has 0 bridgehead atoms. The van der Waals surface area contributed by atoms with Gasteiger partial charge in [0.15, 0.2) is 0 Å². The summed E-state index contributed by atoms with van der Waals surface area (Å²) in [5.41, 5.74) is 8.50. The average Bonchev–Trinajstić information content (AvgIpc) is 2.34. The van der Waals surface area contributed by atoms with Gasteiger partial charge in [-0.2, -0.15) is 0 Å². The Kier molecular flexibility index (Phi) is 5.44. The molecule has 0 heterocycles. The summed E-state index contributed by atoms with van der Waals surface area (Å²) >= 11 is 0. The summed E-state index contributed by atoms with van der Waals surface area (Å²) in [6.07, 6.45) is 0. The van der Waals surface area contributed by atoms with Crippen molar-refractivity contribution in [2.75, 3.05) is 0 Å². The van der Waals surface area contributed by atoms with E-state index in [0.717, 1.165) is 11.3 Å². The summed E-state index contributed by atoms with van der Waals surface area (Å²) < 4.78 is 31.2. The van der Waals surface area contributed by atoms with E-state index in [9.17, 15) is 13.0 Å². The highest BCUT2D eigenvalue weighted by Crippen LogP contribution is 2.09. The first kappa shape index (κ1) is 16.4. The molecule has 0 spiro atoms. The first-order valence-corrected chi connectivity index (χ1v) is 7.53. The van der Waals surface area contributed by atoms with Gasteiger partial charge in [-0.05, 0) is 50.1 Å². The molecule has 4 nitrogen and oxygen atoms in total. The van der Waals surface area contributed by atoms with Gasteiger partial charge in [0.2, 0.25) is 0 Å². The van der Waals surface area contributed by atoms with Gasteiger partial charge >= 0.3 is 0 Å². The number of rotatable bonds is 1. The van der Waals surface area contributed by atoms with Crippen molar-refractivity contribution in [2.24, 2.45) is 0 Å². The number of hydrogen-bond donors (Lipinski definition) is 1. The van der Waals surface area contributed by atoms with Crippen LogP contribution in [0.25, 0.3) is 0 Å². The first-order valence-electron chi connectivity index (χ1n) is 6.12. The molecule has 0 aliphatic rings. The molecular formula is C15H19NO3S. The normalized spacial score (nSPS) is 10.7. The summed E-state index contributed by atoms with van der Waals surface area (Å²) in [4.78, 5) is -0.178. The Balaban J connectivity index is 0.000000204. The fourth-order valence-electron chi connectivity index (χ4n) is 1.51. The summed E-state index contributed by atoms with van der Waals surface area (Å²) in [6.45, 7) is 6.03. The van der Waals surface area contributed by atoms with Crippen molar-refractivity contribution in [1.29, 1.82) is 0 Å². The number of aryl methyl sites for hydroxylation is 3. The van der Waals surface area contributed by atoms with Gasteiger partial charge < -0.3 is 10.3 Å². The second-order valence-corrected chi connectivity index (χ2v) is 6.07. The van der Waals surface area contributed by atoms with E-state index in [1.165, 1.54) is 23.3 Å². The van der Waals surface area contributed by atoms with Gasteiger partial charge in [-0.25, -0.2) is 8.42 Å². The van der Waals surface area contributed by atoms with Crippen LogP contribution in [-0.4, -0.2) is 13.0 Å². The number of benzene rings is 2. The quantitative estimate of drug-likeness (QED) is 0.817. The Morgan fingerprint density at radius 1 is 0.900 bits per heavy atom. The van der Waals surface area contributed by atoms with Crippen LogP contribution >= 0.6 is 0 Å². The van der Waals surface area contributed by atoms with Crippen LogP contribution in [-0.2, 0) is 10.1 Å². The van der Waals surface area contributed by atoms with Gasteiger partial charge in [0, 0.05) is 6.07 Å². The monoisotopic (exact) mass is 293 g/mol. The van der Waals surface area contributed by atoms with Crippen LogP contribution in [0.5, 0.6) is 0 Å². The van der Waals surface area contributed by atoms with Crippen molar-refractivity contribution in [1.82, 2.24) is 0 Å². The largest absolute Gasteiger partial charge is 0.744 e. The van der Waals surface area contributed by atoms with Crippen LogP contribution in [0.15, 0.2) is 47.4 Å². The lowest BCUT2D eigenvalue weighted by atomic mass is 10.1. The maximum absolute atomic E-state index is 10.4. The summed E-state index contributed by atoms with van der Waals surface area (Å²) in [7, 11) is -4.27. The highest BCUT2D eigenvalue weighted by molar-refractivity contribution is 7.85. The van der Waals surface area contributed by atoms with Crippen LogP contribution in [0.4, 0.5) is 5.69 Å². The molecule has 108 valence electrons. The maximum Gasteiger partial charge on any atom is 0.128 e. The molecule has 2 rings (SSSR count). The molecule has 2 aromatic rings. The van der Waals surface area contributed by atoms with Crippen molar-refractivity contribution >= 4 is 15.8 Å². The Bertz CT molecular complexity index is 677. The van der Waals surface area contributed by atoms with E-state index in [-0.39, 0.29) is 4.90 Å². The predicted molar refractivity (Wildman–Crippen MR) is 77.6 cm³/mol. The van der Waals surface area contributed by atoms with Crippen molar-refractivity contribution in [3.8, 4) is 0 Å². The van der Waals surface area contributed by atoms with E-state index in [4.69, 9.17) is 0 Å². The zero-order valence-corrected chi connectivity index (χ0v) is 12.7. The molecule has 0 aliphatic carbocycles. The van der Waals surface area contributed by atoms with Crippen molar-refractivity contribution in [3.05, 3.63) is 59.2 Å². The predicted octanol–water partition coefficient (Wildman–Crippen LogP) is 2.08. The summed E-state index contributed by atoms with van der Waals surface area (Å²) in [5.74, 6) is 0. The van der Waals surface area contributed by atoms with Gasteiger partial charge in [-0.15, -0.1) is 0 Å². The molecule has 2 aromatic carbocycles. The Labute approximate surface area is 120 Å². The van der Waals surface area contributed by atoms with Crippen molar-refractivity contribution in [2.45, 2.75) is 25.7 Å². The third kappa shape index (κ3) is 5.13. The summed E-state index contributed by atoms with van der Waals surface area (Å²) in [6, 6.07) is 12.0. The van der Waals surface area contributed by atoms with E-state index < -0.39 is 10.1 Å². The molecule has 5 heteroatoms. The second kappa shape index (κ2) is 6.65. The highest BCUT2D eigenvalue weighted by Gasteiger charge is 1.97. The first-order chi connectivity index (χ1) is 9.20. The van der Waals surface area contributed by atoms with Crippen LogP contribution in [0.1, 0.15) is 16.7 Å². The molecule has 20 heavy (non-hydrogen) atoms. The molecule has 0 saturated heterocycles. The topological polar surface area (TPSA) is 84.8 Å². The zero-order valence-electron chi connectivity index (χ0n) is 11.9. The minimum Gasteiger partial charge on any atom is -0.744 e. The van der Waals surface area contributed by atoms with Gasteiger partial charge in [0.25, 0.3) is 0 Å². The molecule has 0 amide bonds. The number of quaternary nitrogens is 1. The number of hydrogen-bond acceptors (Lipinski definition) is 3. The molecular weight excluding hydrogens is 274 g/mol. The third-order valence-electron chi connectivity index (χ3n) is 2.88. The SMILES string of the molecule is Cc1ccc(S(=O)(=O)[O-])cc1.Cc1ccc([NH3+])cc1C. The minimum atomic E-state index is -4.27. The van der Waals surface area contributed by atoms with Crippen LogP contribution in [0.2, 0.25) is 0 Å². The van der Waals surface area contributed by atoms with E-state index in [0.29, 0.717) is 0 Å². The molecule has 3 N–H and O–H groups in total. The molecule has 0 aliphatic heterocycles. The van der Waals surface area contributed by atoms with Gasteiger partial charge in [-0.3, -0.25) is 0 Å².